The van der Waals surface area contributed by atoms with Crippen LogP contribution in [0.2, 0.25) is 0 Å². The van der Waals surface area contributed by atoms with Gasteiger partial charge in [-0.05, 0) is 6.07 Å². The van der Waals surface area contributed by atoms with Crippen molar-refractivity contribution >= 4 is 12.4 Å². The molecule has 0 atom stereocenters. The van der Waals surface area contributed by atoms with E-state index in [2.05, 4.69) is 6.07 Å². The summed E-state index contributed by atoms with van der Waals surface area (Å²) < 4.78 is 10.6. The van der Waals surface area contributed by atoms with Crippen LogP contribution in [-0.2, 0) is 15.3 Å². The van der Waals surface area contributed by atoms with E-state index >= 15 is 0 Å². The highest BCUT2D eigenvalue weighted by Gasteiger charge is 2.41. The van der Waals surface area contributed by atoms with Gasteiger partial charge in [0, 0.05) is 25.3 Å². The summed E-state index contributed by atoms with van der Waals surface area (Å²) >= 11 is 0. The molecule has 2 aliphatic rings. The van der Waals surface area contributed by atoms with Gasteiger partial charge in [0.25, 0.3) is 0 Å². The predicted molar refractivity (Wildman–Crippen MR) is 48.5 cm³/mol. The number of rotatable bonds is 2. The summed E-state index contributed by atoms with van der Waals surface area (Å²) in [6.07, 6.45) is 0. The predicted octanol–water partition coefficient (Wildman–Crippen LogP) is 1.92. The fourth-order valence-electron chi connectivity index (χ4n) is 1.57. The van der Waals surface area contributed by atoms with Crippen molar-refractivity contribution in [1.82, 2.24) is 0 Å². The van der Waals surface area contributed by atoms with Gasteiger partial charge in [0.1, 0.15) is 0 Å². The molecule has 0 N–H and O–H groups in total. The Labute approximate surface area is 77.9 Å². The molecule has 0 saturated carbocycles. The number of halogens is 1. The van der Waals surface area contributed by atoms with Crippen molar-refractivity contribution in [1.29, 1.82) is 0 Å². The molecule has 0 radical (unpaired) electrons. The molecule has 2 nitrogen and oxygen atoms in total. The summed E-state index contributed by atoms with van der Waals surface area (Å²) in [6, 6.07) is 8.06. The van der Waals surface area contributed by atoms with Gasteiger partial charge in [0.05, 0.1) is 0 Å². The van der Waals surface area contributed by atoms with Crippen LogP contribution in [0.15, 0.2) is 24.3 Å². The summed E-state index contributed by atoms with van der Waals surface area (Å²) in [5.41, 5.74) is 2.19. The Morgan fingerprint density at radius 1 is 1.08 bits per heavy atom. The van der Waals surface area contributed by atoms with E-state index in [1.54, 1.807) is 14.2 Å². The van der Waals surface area contributed by atoms with Gasteiger partial charge in [0.15, 0.2) is 0 Å². The molecule has 3 rings (SSSR count). The van der Waals surface area contributed by atoms with Gasteiger partial charge < -0.3 is 9.47 Å². The molecule has 0 aliphatic heterocycles. The van der Waals surface area contributed by atoms with Crippen LogP contribution < -0.4 is 0 Å². The number of ether oxygens (including phenoxy) is 2. The zero-order chi connectivity index (χ0) is 7.90. The topological polar surface area (TPSA) is 18.5 Å². The van der Waals surface area contributed by atoms with E-state index in [4.69, 9.17) is 9.47 Å². The third-order valence-electron chi connectivity index (χ3n) is 2.20. The molecule has 0 unspecified atom stereocenters. The number of hydrogen-bond acceptors (Lipinski definition) is 2. The smallest absolute Gasteiger partial charge is 0.221 e. The van der Waals surface area contributed by atoms with E-state index in [1.165, 1.54) is 0 Å². The Morgan fingerprint density at radius 2 is 1.58 bits per heavy atom. The third-order valence-corrected chi connectivity index (χ3v) is 2.20. The molecule has 66 valence electrons. The van der Waals surface area contributed by atoms with E-state index in [0.717, 1.165) is 11.1 Å². The number of methoxy groups -OCH3 is 2. The van der Waals surface area contributed by atoms with E-state index in [0.29, 0.717) is 0 Å². The summed E-state index contributed by atoms with van der Waals surface area (Å²) in [4.78, 5) is 0. The normalized spacial score (nSPS) is 16.2. The maximum atomic E-state index is 5.28. The van der Waals surface area contributed by atoms with Crippen molar-refractivity contribution in [3.63, 3.8) is 0 Å². The molecule has 0 spiro atoms. The highest BCUT2D eigenvalue weighted by atomic mass is 35.5. The van der Waals surface area contributed by atoms with E-state index < -0.39 is 5.79 Å². The average Bonchev–Trinajstić information content (AvgIpc) is 2.08. The monoisotopic (exact) mass is 186 g/mol. The molecule has 1 aromatic rings. The second-order valence-corrected chi connectivity index (χ2v) is 2.61. The Kier molecular flexibility index (Phi) is 2.42. The van der Waals surface area contributed by atoms with Crippen molar-refractivity contribution in [3.05, 3.63) is 35.4 Å². The second-order valence-electron chi connectivity index (χ2n) is 2.61. The average molecular weight is 187 g/mol. The van der Waals surface area contributed by atoms with Crippen LogP contribution in [-0.4, -0.2) is 14.2 Å². The summed E-state index contributed by atoms with van der Waals surface area (Å²) in [5.74, 6) is -0.547. The van der Waals surface area contributed by atoms with Crippen LogP contribution in [0.3, 0.4) is 0 Å². The molecule has 2 bridgehead atoms. The van der Waals surface area contributed by atoms with Gasteiger partial charge in [-0.25, -0.2) is 0 Å². The highest BCUT2D eigenvalue weighted by Crippen LogP contribution is 2.42. The van der Waals surface area contributed by atoms with Crippen LogP contribution >= 0.6 is 12.4 Å². The summed E-state index contributed by atoms with van der Waals surface area (Å²) in [5, 5.41) is 0. The fraction of sp³-hybridized carbons (Fsp3) is 0.333. The third kappa shape index (κ3) is 0.891. The molecule has 12 heavy (non-hydrogen) atoms. The lowest BCUT2D eigenvalue weighted by molar-refractivity contribution is -0.193. The molecular weight excluding hydrogens is 176 g/mol. The van der Waals surface area contributed by atoms with Gasteiger partial charge >= 0.3 is 0 Å². The van der Waals surface area contributed by atoms with Crippen LogP contribution in [0, 0.1) is 0 Å². The lowest BCUT2D eigenvalue weighted by Crippen LogP contribution is -2.38. The maximum Gasteiger partial charge on any atom is 0.221 e. The van der Waals surface area contributed by atoms with E-state index in [9.17, 15) is 0 Å². The number of fused-ring (bicyclic) bond motifs is 2. The van der Waals surface area contributed by atoms with Gasteiger partial charge in [-0.3, -0.25) is 0 Å². The second kappa shape index (κ2) is 3.05. The zero-order valence-electron chi connectivity index (χ0n) is 7.03. The van der Waals surface area contributed by atoms with Crippen molar-refractivity contribution in [2.24, 2.45) is 0 Å². The SMILES string of the molecule is COC1(OC)c2cccc1c2.Cl. The Morgan fingerprint density at radius 3 is 1.83 bits per heavy atom. The van der Waals surface area contributed by atoms with Crippen molar-refractivity contribution in [2.45, 2.75) is 5.79 Å². The standard InChI is InChI=1S/C9H10O2.ClH/c1-10-9(11-2)7-4-3-5-8(9)6-7;/h3-6H,1-2H3;1H. The zero-order valence-corrected chi connectivity index (χ0v) is 7.85. The van der Waals surface area contributed by atoms with Crippen LogP contribution in [0.25, 0.3) is 0 Å². The van der Waals surface area contributed by atoms with Gasteiger partial charge in [-0.15, -0.1) is 12.4 Å². The van der Waals surface area contributed by atoms with Gasteiger partial charge in [-0.1, -0.05) is 18.2 Å². The van der Waals surface area contributed by atoms with Crippen LogP contribution in [0.5, 0.6) is 0 Å². The summed E-state index contributed by atoms with van der Waals surface area (Å²) in [6.45, 7) is 0. The van der Waals surface area contributed by atoms with Crippen molar-refractivity contribution in [2.75, 3.05) is 14.2 Å². The van der Waals surface area contributed by atoms with E-state index in [1.807, 2.05) is 18.2 Å². The Hall–Kier alpha value is -0.570. The van der Waals surface area contributed by atoms with Crippen molar-refractivity contribution in [3.8, 4) is 0 Å². The molecule has 0 heterocycles. The van der Waals surface area contributed by atoms with Gasteiger partial charge in [-0.2, -0.15) is 0 Å². The molecule has 0 aromatic heterocycles. The van der Waals surface area contributed by atoms with Crippen molar-refractivity contribution < 1.29 is 9.47 Å². The minimum absolute atomic E-state index is 0. The summed E-state index contributed by atoms with van der Waals surface area (Å²) in [7, 11) is 3.31. The number of benzene rings is 1. The highest BCUT2D eigenvalue weighted by molar-refractivity contribution is 5.85. The first-order valence-electron chi connectivity index (χ1n) is 3.55. The number of hydrogen-bond donors (Lipinski definition) is 0. The first-order valence-corrected chi connectivity index (χ1v) is 3.55. The molecule has 3 heteroatoms. The molecule has 1 aromatic carbocycles. The first kappa shape index (κ1) is 9.52. The quantitative estimate of drug-likeness (QED) is 0.657. The minimum Gasteiger partial charge on any atom is -0.346 e. The lowest BCUT2D eigenvalue weighted by Gasteiger charge is -2.38. The Balaban J connectivity index is 0.000000720. The molecule has 0 fully saturated rings. The Bertz CT molecular complexity index is 253. The fourth-order valence-corrected chi connectivity index (χ4v) is 1.57. The lowest BCUT2D eigenvalue weighted by atomic mass is 9.85. The van der Waals surface area contributed by atoms with E-state index in [-0.39, 0.29) is 12.4 Å². The van der Waals surface area contributed by atoms with Gasteiger partial charge in [0.2, 0.25) is 5.79 Å². The maximum absolute atomic E-state index is 5.28. The first-order chi connectivity index (χ1) is 5.33. The molecule has 0 saturated heterocycles. The minimum atomic E-state index is -0.547. The van der Waals surface area contributed by atoms with Crippen LogP contribution in [0.1, 0.15) is 11.1 Å². The largest absolute Gasteiger partial charge is 0.346 e. The molecule has 2 aliphatic carbocycles. The molecule has 0 amide bonds. The molecular formula is C9H11ClO2. The van der Waals surface area contributed by atoms with Crippen LogP contribution in [0.4, 0.5) is 0 Å².